The molecule has 0 aliphatic carbocycles. The van der Waals surface area contributed by atoms with Crippen molar-refractivity contribution in [3.63, 3.8) is 0 Å². The highest BCUT2D eigenvalue weighted by molar-refractivity contribution is 6.24. The van der Waals surface area contributed by atoms with Crippen LogP contribution in [0.3, 0.4) is 0 Å². The quantitative estimate of drug-likeness (QED) is 0.107. The Bertz CT molecular complexity index is 1940. The van der Waals surface area contributed by atoms with Gasteiger partial charge in [0.1, 0.15) is 22.6 Å². The molecule has 0 spiro atoms. The van der Waals surface area contributed by atoms with Gasteiger partial charge in [-0.2, -0.15) is 0 Å². The number of hydrogen-bond acceptors (Lipinski definition) is 10. The number of methoxy groups -OCH3 is 3. The van der Waals surface area contributed by atoms with Crippen molar-refractivity contribution in [2.24, 2.45) is 11.8 Å². The summed E-state index contributed by atoms with van der Waals surface area (Å²) in [6.07, 6.45) is 1.41. The number of aliphatic carboxylic acids is 1. The van der Waals surface area contributed by atoms with Gasteiger partial charge in [-0.25, -0.2) is 9.69 Å². The second-order valence-corrected chi connectivity index (χ2v) is 11.0. The van der Waals surface area contributed by atoms with E-state index in [1.807, 2.05) is 12.1 Å². The molecule has 3 N–H and O–H groups in total. The fraction of sp³-hybridized carbons (Fsp3) is 0.250. The average Bonchev–Trinajstić information content (AvgIpc) is 3.71. The van der Waals surface area contributed by atoms with E-state index >= 15 is 0 Å². The zero-order chi connectivity index (χ0) is 32.9. The minimum absolute atomic E-state index is 0.0383. The van der Waals surface area contributed by atoms with Gasteiger partial charge in [-0.05, 0) is 29.3 Å². The molecule has 2 aliphatic rings. The van der Waals surface area contributed by atoms with E-state index in [9.17, 15) is 34.4 Å². The molecule has 2 aliphatic heterocycles. The normalized spacial score (nSPS) is 22.2. The summed E-state index contributed by atoms with van der Waals surface area (Å²) in [5, 5.41) is 26.3. The summed E-state index contributed by atoms with van der Waals surface area (Å²) in [6, 6.07) is 13.9. The third-order valence-corrected chi connectivity index (χ3v) is 8.77. The molecule has 46 heavy (non-hydrogen) atoms. The molecular weight excluding hydrogens is 600 g/mol. The number of amides is 2. The molecule has 14 nitrogen and oxygen atoms in total. The van der Waals surface area contributed by atoms with Gasteiger partial charge in [-0.3, -0.25) is 29.8 Å². The fourth-order valence-corrected chi connectivity index (χ4v) is 6.74. The van der Waals surface area contributed by atoms with Crippen molar-refractivity contribution in [3.8, 4) is 11.5 Å². The van der Waals surface area contributed by atoms with E-state index in [0.717, 1.165) is 29.0 Å². The number of rotatable bonds is 9. The Hall–Kier alpha value is -5.76. The van der Waals surface area contributed by atoms with Gasteiger partial charge in [0.2, 0.25) is 11.8 Å². The molecule has 3 aromatic carbocycles. The van der Waals surface area contributed by atoms with Crippen LogP contribution in [0.15, 0.2) is 66.9 Å². The van der Waals surface area contributed by atoms with Crippen LogP contribution in [-0.2, 0) is 25.5 Å². The smallest absolute Gasteiger partial charge is 0.341 e. The van der Waals surface area contributed by atoms with Gasteiger partial charge in [0, 0.05) is 47.8 Å². The van der Waals surface area contributed by atoms with Crippen molar-refractivity contribution < 1.29 is 43.4 Å². The summed E-state index contributed by atoms with van der Waals surface area (Å²) in [5.41, 5.74) is -1.20. The Morgan fingerprint density at radius 2 is 1.78 bits per heavy atom. The number of carboxylic acid groups (broad SMARTS) is 1. The summed E-state index contributed by atoms with van der Waals surface area (Å²) >= 11 is 0. The van der Waals surface area contributed by atoms with E-state index in [-0.39, 0.29) is 40.4 Å². The van der Waals surface area contributed by atoms with Crippen LogP contribution in [0.2, 0.25) is 0 Å². The number of esters is 1. The SMILES string of the molecule is COC(=O)c1c(OC)cc(OC)cc1C1NC(Cc2c[nH]c3ccccc23)(C(=O)O)C2C(=O)N(c3cccc([N+](=O)[O-])c3)C(=O)C12. The molecule has 4 atom stereocenters. The summed E-state index contributed by atoms with van der Waals surface area (Å²) in [5.74, 6) is -6.50. The van der Waals surface area contributed by atoms with Gasteiger partial charge < -0.3 is 24.3 Å². The minimum Gasteiger partial charge on any atom is -0.497 e. The number of aromatic amines is 1. The highest BCUT2D eigenvalue weighted by atomic mass is 16.6. The largest absolute Gasteiger partial charge is 0.497 e. The van der Waals surface area contributed by atoms with Crippen LogP contribution in [0.1, 0.15) is 27.5 Å². The first-order valence-corrected chi connectivity index (χ1v) is 14.1. The first-order chi connectivity index (χ1) is 22.1. The van der Waals surface area contributed by atoms with E-state index in [4.69, 9.17) is 14.2 Å². The number of H-pyrrole nitrogens is 1. The molecule has 4 unspecified atom stereocenters. The maximum absolute atomic E-state index is 14.4. The number of aromatic nitrogens is 1. The van der Waals surface area contributed by atoms with Crippen LogP contribution in [-0.4, -0.2) is 65.6 Å². The number of nitrogens with zero attached hydrogens (tertiary/aromatic N) is 2. The lowest BCUT2D eigenvalue weighted by atomic mass is 9.76. The maximum Gasteiger partial charge on any atom is 0.341 e. The Morgan fingerprint density at radius 1 is 1.02 bits per heavy atom. The number of ether oxygens (including phenoxy) is 3. The van der Waals surface area contributed by atoms with Crippen molar-refractivity contribution in [1.29, 1.82) is 0 Å². The second-order valence-electron chi connectivity index (χ2n) is 11.0. The maximum atomic E-state index is 14.4. The number of nitro groups is 1. The first-order valence-electron chi connectivity index (χ1n) is 14.1. The summed E-state index contributed by atoms with van der Waals surface area (Å²) in [4.78, 5) is 70.2. The van der Waals surface area contributed by atoms with Crippen LogP contribution in [0, 0.1) is 22.0 Å². The highest BCUT2D eigenvalue weighted by Crippen LogP contribution is 2.53. The molecule has 4 aromatic rings. The zero-order valence-electron chi connectivity index (χ0n) is 24.8. The van der Waals surface area contributed by atoms with E-state index in [1.165, 1.54) is 44.6 Å². The van der Waals surface area contributed by atoms with E-state index in [1.54, 1.807) is 18.3 Å². The average molecular weight is 629 g/mol. The molecule has 2 amide bonds. The van der Waals surface area contributed by atoms with Crippen molar-refractivity contribution in [3.05, 3.63) is 93.7 Å². The Morgan fingerprint density at radius 3 is 2.46 bits per heavy atom. The number of carbonyl (C=O) groups excluding carboxylic acids is 3. The lowest BCUT2D eigenvalue weighted by molar-refractivity contribution is -0.384. The number of non-ortho nitro benzene ring substituents is 1. The van der Waals surface area contributed by atoms with Crippen LogP contribution in [0.4, 0.5) is 11.4 Å². The summed E-state index contributed by atoms with van der Waals surface area (Å²) in [7, 11) is 3.87. The van der Waals surface area contributed by atoms with Gasteiger partial charge in [0.25, 0.3) is 5.69 Å². The van der Waals surface area contributed by atoms with E-state index in [0.29, 0.717) is 5.56 Å². The van der Waals surface area contributed by atoms with Gasteiger partial charge in [-0.1, -0.05) is 24.3 Å². The number of imide groups is 1. The van der Waals surface area contributed by atoms with Crippen LogP contribution in [0.25, 0.3) is 10.9 Å². The minimum atomic E-state index is -2.08. The fourth-order valence-electron chi connectivity index (χ4n) is 6.74. The van der Waals surface area contributed by atoms with Crippen LogP contribution in [0.5, 0.6) is 11.5 Å². The third-order valence-electron chi connectivity index (χ3n) is 8.77. The molecule has 2 fully saturated rings. The number of nitro benzene ring substituents is 1. The molecule has 0 radical (unpaired) electrons. The summed E-state index contributed by atoms with van der Waals surface area (Å²) in [6.45, 7) is 0. The molecule has 3 heterocycles. The Balaban J connectivity index is 1.59. The Kier molecular flexibility index (Phi) is 7.44. The number of benzene rings is 3. The topological polar surface area (TPSA) is 190 Å². The molecule has 0 bridgehead atoms. The molecule has 6 rings (SSSR count). The lowest BCUT2D eigenvalue weighted by Crippen LogP contribution is -2.57. The molecule has 2 saturated heterocycles. The molecule has 14 heteroatoms. The van der Waals surface area contributed by atoms with Crippen molar-refractivity contribution in [1.82, 2.24) is 10.3 Å². The zero-order valence-corrected chi connectivity index (χ0v) is 24.8. The number of hydrogen-bond donors (Lipinski definition) is 3. The second kappa shape index (κ2) is 11.3. The van der Waals surface area contributed by atoms with E-state index in [2.05, 4.69) is 10.3 Å². The van der Waals surface area contributed by atoms with Gasteiger partial charge >= 0.3 is 11.9 Å². The first kappa shape index (κ1) is 30.3. The Labute approximate surface area is 261 Å². The predicted molar refractivity (Wildman–Crippen MR) is 162 cm³/mol. The van der Waals surface area contributed by atoms with Gasteiger partial charge in [0.15, 0.2) is 0 Å². The van der Waals surface area contributed by atoms with Gasteiger partial charge in [0.05, 0.1) is 43.8 Å². The van der Waals surface area contributed by atoms with Crippen LogP contribution < -0.4 is 19.7 Å². The number of carboxylic acids is 1. The number of anilines is 1. The van der Waals surface area contributed by atoms with Gasteiger partial charge in [-0.15, -0.1) is 0 Å². The standard InChI is InChI=1S/C32H28N4O10/c1-44-19-12-21(24(30(39)46-3)23(13-19)45-2)27-25-26(29(38)35(28(25)37)17-7-6-8-18(11-17)36(42)43)32(34-27,31(40)41)14-16-15-33-22-10-5-4-9-20(16)22/h4-13,15,25-27,33-34H,14H2,1-3H3,(H,40,41). The summed E-state index contributed by atoms with van der Waals surface area (Å²) < 4.78 is 15.9. The van der Waals surface area contributed by atoms with Crippen LogP contribution >= 0.6 is 0 Å². The van der Waals surface area contributed by atoms with E-state index < -0.39 is 52.1 Å². The molecule has 1 aromatic heterocycles. The molecular formula is C32H28N4O10. The lowest BCUT2D eigenvalue weighted by Gasteiger charge is -2.31. The van der Waals surface area contributed by atoms with Crippen molar-refractivity contribution in [2.75, 3.05) is 26.2 Å². The highest BCUT2D eigenvalue weighted by Gasteiger charge is 2.69. The molecule has 0 saturated carbocycles. The number of fused-ring (bicyclic) bond motifs is 2. The number of carbonyl (C=O) groups is 4. The number of nitrogens with one attached hydrogen (secondary N) is 2. The predicted octanol–water partition coefficient (Wildman–Crippen LogP) is 3.40. The van der Waals surface area contributed by atoms with Crippen molar-refractivity contribution in [2.45, 2.75) is 18.0 Å². The molecule has 236 valence electrons. The third kappa shape index (κ3) is 4.53. The number of para-hydroxylation sites is 1. The monoisotopic (exact) mass is 628 g/mol. The van der Waals surface area contributed by atoms with Crippen molar-refractivity contribution >= 4 is 46.0 Å².